The quantitative estimate of drug-likeness (QED) is 0.0308. The van der Waals surface area contributed by atoms with Gasteiger partial charge in [-0.2, -0.15) is 0 Å². The lowest BCUT2D eigenvalue weighted by Gasteiger charge is -2.27. The fourth-order valence-corrected chi connectivity index (χ4v) is 9.63. The Hall–Kier alpha value is -1.73. The van der Waals surface area contributed by atoms with Gasteiger partial charge in [0, 0.05) is 0 Å². The van der Waals surface area contributed by atoms with Crippen molar-refractivity contribution < 1.29 is 25.2 Å². The van der Waals surface area contributed by atoms with Crippen molar-refractivity contribution in [3.8, 4) is 0 Å². The van der Waals surface area contributed by atoms with Gasteiger partial charge < -0.3 is 25.7 Å². The number of hydrogen-bond acceptors (Lipinski definition) is 5. The number of hydrogen-bond donors (Lipinski definition) is 5. The SMILES string of the molecule is CCCCCCCCCCC/C=C/CC/C=C/CCCC(O)C(O)C(CO)NC(=O)C(O)CCCCCCCCCCCCCCCCCC/C=C\C/C=C\CCCCCCCCCCCCCCC. The Balaban J connectivity index is 3.59. The van der Waals surface area contributed by atoms with E-state index in [0.29, 0.717) is 19.3 Å². The second-order valence-electron chi connectivity index (χ2n) is 21.4. The molecule has 0 aliphatic carbocycles. The van der Waals surface area contributed by atoms with Gasteiger partial charge in [0.25, 0.3) is 0 Å². The van der Waals surface area contributed by atoms with Crippen LogP contribution in [0.2, 0.25) is 0 Å². The van der Waals surface area contributed by atoms with Gasteiger partial charge in [-0.3, -0.25) is 4.79 Å². The van der Waals surface area contributed by atoms with Crippen molar-refractivity contribution in [2.45, 2.75) is 346 Å². The van der Waals surface area contributed by atoms with Crippen molar-refractivity contribution in [1.82, 2.24) is 5.32 Å². The van der Waals surface area contributed by atoms with E-state index in [2.05, 4.69) is 67.8 Å². The molecule has 1 amide bonds. The predicted octanol–water partition coefficient (Wildman–Crippen LogP) is 18.5. The number of nitrogens with one attached hydrogen (secondary N) is 1. The van der Waals surface area contributed by atoms with E-state index in [1.165, 1.54) is 244 Å². The van der Waals surface area contributed by atoms with E-state index in [9.17, 15) is 25.2 Å². The molecule has 0 aromatic rings. The van der Waals surface area contributed by atoms with E-state index in [-0.39, 0.29) is 0 Å². The van der Waals surface area contributed by atoms with E-state index in [4.69, 9.17) is 0 Å². The summed E-state index contributed by atoms with van der Waals surface area (Å²) in [6, 6.07) is -1.01. The second kappa shape index (κ2) is 58.2. The van der Waals surface area contributed by atoms with E-state index >= 15 is 0 Å². The molecule has 0 aromatic heterocycles. The van der Waals surface area contributed by atoms with Crippen molar-refractivity contribution in [2.24, 2.45) is 0 Å². The highest BCUT2D eigenvalue weighted by atomic mass is 16.3. The molecule has 0 aliphatic rings. The smallest absolute Gasteiger partial charge is 0.249 e. The molecule has 0 saturated carbocycles. The molecule has 0 aromatic carbocycles. The van der Waals surface area contributed by atoms with Crippen LogP contribution in [0.5, 0.6) is 0 Å². The van der Waals surface area contributed by atoms with Crippen LogP contribution in [-0.2, 0) is 4.79 Å². The Morgan fingerprint density at radius 2 is 0.643 bits per heavy atom. The molecule has 5 N–H and O–H groups in total. The van der Waals surface area contributed by atoms with Crippen molar-refractivity contribution >= 4 is 5.91 Å². The monoisotopic (exact) mass is 984 g/mol. The summed E-state index contributed by atoms with van der Waals surface area (Å²) in [5.41, 5.74) is 0. The summed E-state index contributed by atoms with van der Waals surface area (Å²) in [6.45, 7) is 4.06. The topological polar surface area (TPSA) is 110 Å². The number of aliphatic hydroxyl groups is 4. The predicted molar refractivity (Wildman–Crippen MR) is 307 cm³/mol. The fourth-order valence-electron chi connectivity index (χ4n) is 9.63. The van der Waals surface area contributed by atoms with Crippen LogP contribution >= 0.6 is 0 Å². The Morgan fingerprint density at radius 3 is 0.986 bits per heavy atom. The van der Waals surface area contributed by atoms with Crippen molar-refractivity contribution in [2.75, 3.05) is 6.61 Å². The fraction of sp³-hybridized carbons (Fsp3) is 0.859. The minimum atomic E-state index is -1.29. The third-order valence-electron chi connectivity index (χ3n) is 14.5. The highest BCUT2D eigenvalue weighted by Gasteiger charge is 2.28. The van der Waals surface area contributed by atoms with Gasteiger partial charge in [0.15, 0.2) is 0 Å². The van der Waals surface area contributed by atoms with Crippen LogP contribution in [0, 0.1) is 0 Å². The Morgan fingerprint density at radius 1 is 0.357 bits per heavy atom. The normalized spacial score (nSPS) is 14.0. The first kappa shape index (κ1) is 68.3. The van der Waals surface area contributed by atoms with E-state index in [1.807, 2.05) is 0 Å². The number of aliphatic hydroxyl groups excluding tert-OH is 4. The first-order chi connectivity index (χ1) is 34.5. The van der Waals surface area contributed by atoms with Crippen molar-refractivity contribution in [1.29, 1.82) is 0 Å². The number of carbonyl (C=O) groups excluding carboxylic acids is 1. The summed E-state index contributed by atoms with van der Waals surface area (Å²) in [5, 5.41) is 44.0. The molecule has 0 heterocycles. The van der Waals surface area contributed by atoms with Gasteiger partial charge in [-0.1, -0.05) is 287 Å². The minimum absolute atomic E-state index is 0.360. The third-order valence-corrected chi connectivity index (χ3v) is 14.5. The lowest BCUT2D eigenvalue weighted by molar-refractivity contribution is -0.132. The number of carbonyl (C=O) groups is 1. The first-order valence-electron chi connectivity index (χ1n) is 31.0. The molecule has 0 aliphatic heterocycles. The molecule has 0 rings (SSSR count). The van der Waals surface area contributed by atoms with Crippen molar-refractivity contribution in [3.05, 3.63) is 48.6 Å². The molecule has 0 bridgehead atoms. The number of unbranched alkanes of at least 4 members (excludes halogenated alkanes) is 40. The van der Waals surface area contributed by atoms with Crippen LogP contribution in [0.1, 0.15) is 322 Å². The minimum Gasteiger partial charge on any atom is -0.394 e. The summed E-state index contributed by atoms with van der Waals surface area (Å²) in [6.07, 6.45) is 75.0. The maximum atomic E-state index is 12.6. The zero-order valence-corrected chi connectivity index (χ0v) is 46.8. The van der Waals surface area contributed by atoms with Gasteiger partial charge in [-0.25, -0.2) is 0 Å². The van der Waals surface area contributed by atoms with E-state index < -0.39 is 36.9 Å². The van der Waals surface area contributed by atoms with Crippen LogP contribution < -0.4 is 5.32 Å². The molecule has 4 atom stereocenters. The molecule has 6 nitrogen and oxygen atoms in total. The number of amides is 1. The van der Waals surface area contributed by atoms with Gasteiger partial charge in [0.1, 0.15) is 12.2 Å². The van der Waals surface area contributed by atoms with Crippen LogP contribution in [0.4, 0.5) is 0 Å². The van der Waals surface area contributed by atoms with Crippen LogP contribution in [0.15, 0.2) is 48.6 Å². The highest BCUT2D eigenvalue weighted by Crippen LogP contribution is 2.17. The molecular formula is C64H121NO5. The summed E-state index contributed by atoms with van der Waals surface area (Å²) in [7, 11) is 0. The third kappa shape index (κ3) is 51.2. The molecule has 6 heteroatoms. The molecule has 0 radical (unpaired) electrons. The number of allylic oxidation sites excluding steroid dienone is 8. The summed E-state index contributed by atoms with van der Waals surface area (Å²) >= 11 is 0. The van der Waals surface area contributed by atoms with E-state index in [1.54, 1.807) is 0 Å². The Bertz CT molecular complexity index is 1150. The van der Waals surface area contributed by atoms with Gasteiger partial charge in [0.2, 0.25) is 5.91 Å². The summed E-state index contributed by atoms with van der Waals surface area (Å²) < 4.78 is 0. The standard InChI is InChI=1S/C64H121NO5/c1-3-5-7-9-11-13-15-17-19-21-23-24-25-26-27-28-29-30-31-32-33-34-35-36-37-38-39-40-42-44-46-48-50-52-54-56-58-62(68)64(70)65-60(59-66)63(69)61(67)57-55-53-51-49-47-45-43-41-22-20-18-16-14-12-10-8-6-4-2/h27-28,30-31,41,43,49,51,60-63,66-69H,3-26,29,32-40,42,44-48,50,52-59H2,1-2H3,(H,65,70)/b28-27-,31-30-,43-41+,51-49+. The second-order valence-corrected chi connectivity index (χ2v) is 21.4. The lowest BCUT2D eigenvalue weighted by atomic mass is 10.00. The Kier molecular flexibility index (Phi) is 56.7. The zero-order chi connectivity index (χ0) is 50.9. The molecule has 0 saturated heterocycles. The molecular weight excluding hydrogens is 863 g/mol. The summed E-state index contributed by atoms with van der Waals surface area (Å²) in [5.74, 6) is -0.595. The van der Waals surface area contributed by atoms with Crippen LogP contribution in [0.3, 0.4) is 0 Å². The molecule has 0 spiro atoms. The summed E-state index contributed by atoms with van der Waals surface area (Å²) in [4.78, 5) is 12.6. The van der Waals surface area contributed by atoms with Crippen LogP contribution in [-0.4, -0.2) is 57.3 Å². The van der Waals surface area contributed by atoms with Gasteiger partial charge >= 0.3 is 0 Å². The highest BCUT2D eigenvalue weighted by molar-refractivity contribution is 5.80. The van der Waals surface area contributed by atoms with E-state index in [0.717, 1.165) is 44.9 Å². The van der Waals surface area contributed by atoms with Crippen LogP contribution in [0.25, 0.3) is 0 Å². The molecule has 70 heavy (non-hydrogen) atoms. The zero-order valence-electron chi connectivity index (χ0n) is 46.8. The maximum Gasteiger partial charge on any atom is 0.249 e. The molecule has 412 valence electrons. The maximum absolute atomic E-state index is 12.6. The van der Waals surface area contributed by atoms with Gasteiger partial charge in [-0.05, 0) is 83.5 Å². The average molecular weight is 985 g/mol. The van der Waals surface area contributed by atoms with Gasteiger partial charge in [0.05, 0.1) is 18.8 Å². The largest absolute Gasteiger partial charge is 0.394 e. The van der Waals surface area contributed by atoms with Crippen molar-refractivity contribution in [3.63, 3.8) is 0 Å². The lowest BCUT2D eigenvalue weighted by Crippen LogP contribution is -2.53. The molecule has 0 fully saturated rings. The van der Waals surface area contributed by atoms with Gasteiger partial charge in [-0.15, -0.1) is 0 Å². The number of rotatable bonds is 57. The first-order valence-corrected chi connectivity index (χ1v) is 31.0. The Labute approximate surface area is 436 Å². The molecule has 4 unspecified atom stereocenters. The average Bonchev–Trinajstić information content (AvgIpc) is 3.36.